The summed E-state index contributed by atoms with van der Waals surface area (Å²) in [5.41, 5.74) is 7.24. The van der Waals surface area contributed by atoms with Gasteiger partial charge in [0.2, 0.25) is 17.7 Å². The fraction of sp³-hybridized carbons (Fsp3) is 0.680. The summed E-state index contributed by atoms with van der Waals surface area (Å²) in [6, 6.07) is 5.58. The first-order valence-electron chi connectivity index (χ1n) is 12.6. The summed E-state index contributed by atoms with van der Waals surface area (Å²) in [5.74, 6) is -2.94. The van der Waals surface area contributed by atoms with Crippen LogP contribution in [0.15, 0.2) is 24.3 Å². The van der Waals surface area contributed by atoms with Gasteiger partial charge in [0.25, 0.3) is 0 Å². The first-order valence-corrected chi connectivity index (χ1v) is 12.6. The van der Waals surface area contributed by atoms with Crippen molar-refractivity contribution < 1.29 is 28.2 Å². The lowest BCUT2D eigenvalue weighted by atomic mass is 9.81. The van der Waals surface area contributed by atoms with Gasteiger partial charge in [-0.2, -0.15) is 0 Å². The van der Waals surface area contributed by atoms with Crippen LogP contribution in [-0.4, -0.2) is 83.1 Å². The predicted molar refractivity (Wildman–Crippen MR) is 138 cm³/mol. The van der Waals surface area contributed by atoms with E-state index in [2.05, 4.69) is 10.2 Å². The summed E-state index contributed by atoms with van der Waals surface area (Å²) in [6.45, 7) is 1.53. The molecule has 4 aliphatic rings. The number of hydrogen-bond donors (Lipinski definition) is 3. The molecule has 1 aliphatic carbocycles. The Kier molecular flexibility index (Phi) is 9.66. The maximum atomic E-state index is 13.6. The average Bonchev–Trinajstić information content (AvgIpc) is 3.21. The lowest BCUT2D eigenvalue weighted by Crippen LogP contribution is -2.65. The Morgan fingerprint density at radius 3 is 2.54 bits per heavy atom. The number of nitrogens with one attached hydrogen (secondary N) is 1. The number of amides is 2. The molecule has 208 valence electrons. The number of aliphatic hydroxyl groups is 1. The third-order valence-corrected chi connectivity index (χ3v) is 8.11. The quantitative estimate of drug-likeness (QED) is 0.517. The second-order valence-electron chi connectivity index (χ2n) is 10.5. The zero-order valence-corrected chi connectivity index (χ0v) is 22.2. The smallest absolute Gasteiger partial charge is 0.248 e. The van der Waals surface area contributed by atoms with Crippen molar-refractivity contribution in [2.45, 2.75) is 74.7 Å². The maximum Gasteiger partial charge on any atom is 0.248 e. The van der Waals surface area contributed by atoms with Gasteiger partial charge in [0.1, 0.15) is 11.8 Å². The van der Waals surface area contributed by atoms with E-state index in [1.54, 1.807) is 0 Å². The number of alkyl halides is 2. The van der Waals surface area contributed by atoms with Crippen LogP contribution in [0.5, 0.6) is 5.75 Å². The minimum atomic E-state index is -2.70. The van der Waals surface area contributed by atoms with Gasteiger partial charge in [0.05, 0.1) is 24.8 Å². The normalized spacial score (nSPS) is 30.0. The molecule has 3 aliphatic heterocycles. The number of nitrogens with two attached hydrogens (primary N) is 1. The number of halogens is 4. The van der Waals surface area contributed by atoms with Crippen molar-refractivity contribution in [2.24, 2.45) is 11.7 Å². The highest BCUT2D eigenvalue weighted by Gasteiger charge is 2.47. The molecule has 3 heterocycles. The Bertz CT molecular complexity index is 964. The zero-order valence-electron chi connectivity index (χ0n) is 20.6. The van der Waals surface area contributed by atoms with Crippen LogP contribution >= 0.6 is 24.8 Å². The topological polar surface area (TPSA) is 108 Å². The van der Waals surface area contributed by atoms with E-state index in [0.717, 1.165) is 11.3 Å². The van der Waals surface area contributed by atoms with E-state index in [1.807, 2.05) is 24.3 Å². The predicted octanol–water partition coefficient (Wildman–Crippen LogP) is 2.27. The number of fused-ring (bicyclic) bond motifs is 2. The fourth-order valence-corrected chi connectivity index (χ4v) is 6.09. The summed E-state index contributed by atoms with van der Waals surface area (Å²) in [4.78, 5) is 30.7. The number of benzene rings is 1. The molecule has 4 N–H and O–H groups in total. The summed E-state index contributed by atoms with van der Waals surface area (Å²) in [7, 11) is 0. The van der Waals surface area contributed by atoms with E-state index in [0.29, 0.717) is 32.5 Å². The summed E-state index contributed by atoms with van der Waals surface area (Å²) in [5, 5.41) is 13.3. The van der Waals surface area contributed by atoms with Crippen molar-refractivity contribution in [2.75, 3.05) is 26.2 Å². The van der Waals surface area contributed by atoms with Crippen molar-refractivity contribution in [3.05, 3.63) is 29.8 Å². The van der Waals surface area contributed by atoms with Crippen molar-refractivity contribution in [1.29, 1.82) is 0 Å². The molecule has 0 unspecified atom stereocenters. The van der Waals surface area contributed by atoms with Crippen LogP contribution in [0.2, 0.25) is 0 Å². The number of carbonyl (C=O) groups excluding carboxylic acids is 2. The zero-order chi connectivity index (χ0) is 24.7. The van der Waals surface area contributed by atoms with Gasteiger partial charge in [-0.05, 0) is 31.2 Å². The highest BCUT2D eigenvalue weighted by atomic mass is 35.5. The summed E-state index contributed by atoms with van der Waals surface area (Å²) in [6.07, 6.45) is 0.481. The molecule has 0 spiro atoms. The molecule has 37 heavy (non-hydrogen) atoms. The standard InChI is InChI=1S/C25H34F2N4O4.2ClH/c26-25(27)8-5-15(6-9-25)22(28)24(34)31-12-16-11-17(32)13-30(16)14-20(31)23(33)29-19-7-10-35-21-4-2-1-3-18(19)21;;/h1-4,15-17,19-20,22,32H,5-14,28H2,(H,29,33);2*1H/t16-,17-,19-,20+,22+;;/m1../s1. The number of aliphatic hydroxyl groups excluding tert-OH is 1. The Balaban J connectivity index is 0.00000190. The number of para-hydroxylation sites is 1. The first kappa shape index (κ1) is 29.8. The maximum absolute atomic E-state index is 13.6. The third-order valence-electron chi connectivity index (χ3n) is 8.11. The number of carbonyl (C=O) groups is 2. The van der Waals surface area contributed by atoms with E-state index in [1.165, 1.54) is 4.90 Å². The monoisotopic (exact) mass is 564 g/mol. The van der Waals surface area contributed by atoms with Crippen LogP contribution in [0.25, 0.3) is 0 Å². The van der Waals surface area contributed by atoms with E-state index >= 15 is 0 Å². The Labute approximate surface area is 228 Å². The molecule has 0 radical (unpaired) electrons. The molecular weight excluding hydrogens is 529 g/mol. The van der Waals surface area contributed by atoms with Crippen molar-refractivity contribution >= 4 is 36.6 Å². The second-order valence-corrected chi connectivity index (χ2v) is 10.5. The molecule has 12 heteroatoms. The number of rotatable bonds is 4. The molecule has 8 nitrogen and oxygen atoms in total. The van der Waals surface area contributed by atoms with Crippen LogP contribution in [-0.2, 0) is 9.59 Å². The van der Waals surface area contributed by atoms with Gasteiger partial charge in [-0.3, -0.25) is 14.5 Å². The van der Waals surface area contributed by atoms with Crippen LogP contribution in [0.3, 0.4) is 0 Å². The molecule has 5 rings (SSSR count). The van der Waals surface area contributed by atoms with E-state index < -0.39 is 24.1 Å². The van der Waals surface area contributed by atoms with Crippen LogP contribution < -0.4 is 15.8 Å². The fourth-order valence-electron chi connectivity index (χ4n) is 6.09. The highest BCUT2D eigenvalue weighted by Crippen LogP contribution is 2.38. The van der Waals surface area contributed by atoms with Gasteiger partial charge in [0, 0.05) is 50.5 Å². The van der Waals surface area contributed by atoms with Gasteiger partial charge >= 0.3 is 0 Å². The minimum Gasteiger partial charge on any atom is -0.493 e. The molecule has 0 aromatic heterocycles. The second kappa shape index (κ2) is 12.0. The van der Waals surface area contributed by atoms with Crippen molar-refractivity contribution in [1.82, 2.24) is 15.1 Å². The molecule has 1 aromatic rings. The molecule has 0 bridgehead atoms. The first-order chi connectivity index (χ1) is 16.7. The van der Waals surface area contributed by atoms with Crippen LogP contribution in [0.4, 0.5) is 8.78 Å². The van der Waals surface area contributed by atoms with Gasteiger partial charge in [-0.1, -0.05) is 18.2 Å². The largest absolute Gasteiger partial charge is 0.493 e. The molecule has 2 saturated heterocycles. The molecule has 1 aromatic carbocycles. The summed E-state index contributed by atoms with van der Waals surface area (Å²) < 4.78 is 33.0. The SMILES string of the molecule is Cl.Cl.N[C@H](C(=O)N1C[C@H]2C[C@@H](O)CN2C[C@H]1C(=O)N[C@@H]1CCOc2ccccc21)C1CCC(F)(F)CC1. The van der Waals surface area contributed by atoms with Crippen LogP contribution in [0.1, 0.15) is 50.1 Å². The van der Waals surface area contributed by atoms with E-state index in [-0.39, 0.29) is 86.9 Å². The molecule has 3 fully saturated rings. The van der Waals surface area contributed by atoms with Gasteiger partial charge in [-0.15, -0.1) is 24.8 Å². The van der Waals surface area contributed by atoms with Gasteiger partial charge in [0.15, 0.2) is 0 Å². The third kappa shape index (κ3) is 6.30. The Morgan fingerprint density at radius 1 is 1.11 bits per heavy atom. The molecular formula is C25H36Cl2F2N4O4. The molecule has 5 atom stereocenters. The van der Waals surface area contributed by atoms with Crippen molar-refractivity contribution in [3.8, 4) is 5.75 Å². The van der Waals surface area contributed by atoms with E-state index in [4.69, 9.17) is 10.5 Å². The van der Waals surface area contributed by atoms with Crippen LogP contribution in [0, 0.1) is 5.92 Å². The number of piperazine rings is 1. The minimum absolute atomic E-state index is 0. The number of nitrogens with zero attached hydrogens (tertiary/aromatic N) is 2. The summed E-state index contributed by atoms with van der Waals surface area (Å²) >= 11 is 0. The Hall–Kier alpha value is -1.72. The lowest BCUT2D eigenvalue weighted by molar-refractivity contribution is -0.148. The molecule has 1 saturated carbocycles. The highest BCUT2D eigenvalue weighted by molar-refractivity contribution is 5.90. The average molecular weight is 565 g/mol. The molecule has 2 amide bonds. The number of ether oxygens (including phenoxy) is 1. The van der Waals surface area contributed by atoms with Gasteiger partial charge < -0.3 is 25.8 Å². The Morgan fingerprint density at radius 2 is 1.81 bits per heavy atom. The van der Waals surface area contributed by atoms with E-state index in [9.17, 15) is 23.5 Å². The number of hydrogen-bond acceptors (Lipinski definition) is 6. The van der Waals surface area contributed by atoms with Crippen molar-refractivity contribution in [3.63, 3.8) is 0 Å². The lowest BCUT2D eigenvalue weighted by Gasteiger charge is -2.45. The van der Waals surface area contributed by atoms with Gasteiger partial charge in [-0.25, -0.2) is 8.78 Å².